The first-order chi connectivity index (χ1) is 6.38. The van der Waals surface area contributed by atoms with Crippen molar-refractivity contribution in [1.82, 2.24) is 4.31 Å². The fourth-order valence-corrected chi connectivity index (χ4v) is 1.82. The standard InChI is InChI=1S/C10H13NOS/c13-11-6-7-12-8-10(11)9-4-2-1-3-5-9/h1-5,10,13H,6-8H2/t10-/m1/s1. The highest BCUT2D eigenvalue weighted by Gasteiger charge is 2.21. The highest BCUT2D eigenvalue weighted by Crippen LogP contribution is 2.24. The van der Waals surface area contributed by atoms with Crippen molar-refractivity contribution in [2.24, 2.45) is 0 Å². The van der Waals surface area contributed by atoms with Gasteiger partial charge >= 0.3 is 0 Å². The average molecular weight is 195 g/mol. The van der Waals surface area contributed by atoms with Gasteiger partial charge in [-0.2, -0.15) is 0 Å². The predicted molar refractivity (Wildman–Crippen MR) is 55.7 cm³/mol. The Kier molecular flexibility index (Phi) is 2.88. The van der Waals surface area contributed by atoms with Crippen LogP contribution in [-0.2, 0) is 4.74 Å². The molecular weight excluding hydrogens is 182 g/mol. The summed E-state index contributed by atoms with van der Waals surface area (Å²) in [6.07, 6.45) is 0. The second kappa shape index (κ2) is 4.13. The first kappa shape index (κ1) is 9.06. The number of thiol groups is 1. The van der Waals surface area contributed by atoms with Crippen LogP contribution in [0.15, 0.2) is 30.3 Å². The quantitative estimate of drug-likeness (QED) is 0.687. The summed E-state index contributed by atoms with van der Waals surface area (Å²) in [7, 11) is 0. The first-order valence-electron chi connectivity index (χ1n) is 4.46. The number of ether oxygens (including phenoxy) is 1. The van der Waals surface area contributed by atoms with Crippen LogP contribution in [0.5, 0.6) is 0 Å². The molecule has 0 saturated carbocycles. The summed E-state index contributed by atoms with van der Waals surface area (Å²) >= 11 is 4.42. The third-order valence-electron chi connectivity index (χ3n) is 2.28. The van der Waals surface area contributed by atoms with Gasteiger partial charge in [0, 0.05) is 6.54 Å². The molecular formula is C10H13NOS. The van der Waals surface area contributed by atoms with Crippen LogP contribution in [-0.4, -0.2) is 24.1 Å². The maximum absolute atomic E-state index is 5.42. The molecule has 70 valence electrons. The van der Waals surface area contributed by atoms with E-state index in [1.807, 2.05) is 22.5 Å². The summed E-state index contributed by atoms with van der Waals surface area (Å²) in [5.41, 5.74) is 1.28. The van der Waals surface area contributed by atoms with Crippen molar-refractivity contribution in [3.63, 3.8) is 0 Å². The Morgan fingerprint density at radius 1 is 1.31 bits per heavy atom. The van der Waals surface area contributed by atoms with Gasteiger partial charge in [-0.3, -0.25) is 0 Å². The summed E-state index contributed by atoms with van der Waals surface area (Å²) in [6, 6.07) is 10.6. The van der Waals surface area contributed by atoms with Crippen molar-refractivity contribution >= 4 is 12.8 Å². The van der Waals surface area contributed by atoms with E-state index in [0.29, 0.717) is 6.04 Å². The minimum Gasteiger partial charge on any atom is -0.378 e. The van der Waals surface area contributed by atoms with Gasteiger partial charge < -0.3 is 4.74 Å². The third-order valence-corrected chi connectivity index (χ3v) is 2.76. The van der Waals surface area contributed by atoms with Crippen molar-refractivity contribution in [3.05, 3.63) is 35.9 Å². The fourth-order valence-electron chi connectivity index (χ4n) is 1.54. The van der Waals surface area contributed by atoms with Crippen molar-refractivity contribution in [2.75, 3.05) is 19.8 Å². The minimum absolute atomic E-state index is 0.304. The van der Waals surface area contributed by atoms with Crippen LogP contribution in [0.1, 0.15) is 11.6 Å². The van der Waals surface area contributed by atoms with Crippen LogP contribution in [0.3, 0.4) is 0 Å². The molecule has 2 rings (SSSR count). The SMILES string of the molecule is SN1CCOC[C@@H]1c1ccccc1. The third kappa shape index (κ3) is 2.05. The van der Waals surface area contributed by atoms with Gasteiger partial charge in [0.1, 0.15) is 0 Å². The lowest BCUT2D eigenvalue weighted by Gasteiger charge is -2.31. The number of nitrogens with zero attached hydrogens (tertiary/aromatic N) is 1. The molecule has 3 heteroatoms. The Balaban J connectivity index is 2.15. The zero-order valence-electron chi connectivity index (χ0n) is 7.39. The van der Waals surface area contributed by atoms with Gasteiger partial charge in [0.2, 0.25) is 0 Å². The van der Waals surface area contributed by atoms with Crippen LogP contribution >= 0.6 is 12.8 Å². The molecule has 0 aromatic heterocycles. The van der Waals surface area contributed by atoms with E-state index in [0.717, 1.165) is 19.8 Å². The summed E-state index contributed by atoms with van der Waals surface area (Å²) in [6.45, 7) is 2.42. The van der Waals surface area contributed by atoms with E-state index in [1.54, 1.807) is 0 Å². The molecule has 1 aliphatic rings. The topological polar surface area (TPSA) is 12.5 Å². The number of morpholine rings is 1. The lowest BCUT2D eigenvalue weighted by Crippen LogP contribution is -2.33. The lowest BCUT2D eigenvalue weighted by molar-refractivity contribution is 0.0379. The summed E-state index contributed by atoms with van der Waals surface area (Å²) in [5, 5.41) is 0. The highest BCUT2D eigenvalue weighted by molar-refractivity contribution is 7.77. The fraction of sp³-hybridized carbons (Fsp3) is 0.400. The van der Waals surface area contributed by atoms with Crippen LogP contribution in [0, 0.1) is 0 Å². The van der Waals surface area contributed by atoms with Gasteiger partial charge in [-0.05, 0) is 5.56 Å². The molecule has 1 saturated heterocycles. The van der Waals surface area contributed by atoms with Crippen molar-refractivity contribution in [2.45, 2.75) is 6.04 Å². The average Bonchev–Trinajstić information content (AvgIpc) is 2.20. The monoisotopic (exact) mass is 195 g/mol. The molecule has 2 nitrogen and oxygen atoms in total. The molecule has 1 fully saturated rings. The van der Waals surface area contributed by atoms with Crippen LogP contribution in [0.2, 0.25) is 0 Å². The van der Waals surface area contributed by atoms with Gasteiger partial charge in [0.05, 0.1) is 19.3 Å². The molecule has 0 amide bonds. The van der Waals surface area contributed by atoms with Crippen molar-refractivity contribution in [3.8, 4) is 0 Å². The van der Waals surface area contributed by atoms with Crippen molar-refractivity contribution in [1.29, 1.82) is 0 Å². The van der Waals surface area contributed by atoms with E-state index in [2.05, 4.69) is 24.9 Å². The molecule has 0 aliphatic carbocycles. The summed E-state index contributed by atoms with van der Waals surface area (Å²) < 4.78 is 7.46. The van der Waals surface area contributed by atoms with Gasteiger partial charge in [-0.1, -0.05) is 43.1 Å². The minimum atomic E-state index is 0.304. The largest absolute Gasteiger partial charge is 0.378 e. The first-order valence-corrected chi connectivity index (χ1v) is 4.86. The van der Waals surface area contributed by atoms with Crippen LogP contribution < -0.4 is 0 Å². The van der Waals surface area contributed by atoms with Gasteiger partial charge in [0.25, 0.3) is 0 Å². The maximum Gasteiger partial charge on any atom is 0.0684 e. The smallest absolute Gasteiger partial charge is 0.0684 e. The molecule has 1 aromatic rings. The summed E-state index contributed by atoms with van der Waals surface area (Å²) in [5.74, 6) is 0. The molecule has 1 atom stereocenters. The highest BCUT2D eigenvalue weighted by atomic mass is 32.1. The lowest BCUT2D eigenvalue weighted by atomic mass is 10.1. The maximum atomic E-state index is 5.42. The number of benzene rings is 1. The van der Waals surface area contributed by atoms with Gasteiger partial charge in [0.15, 0.2) is 0 Å². The predicted octanol–water partition coefficient (Wildman–Crippen LogP) is 1.90. The molecule has 13 heavy (non-hydrogen) atoms. The van der Waals surface area contributed by atoms with Gasteiger partial charge in [-0.15, -0.1) is 0 Å². The van der Waals surface area contributed by atoms with E-state index in [9.17, 15) is 0 Å². The van der Waals surface area contributed by atoms with Crippen LogP contribution in [0.25, 0.3) is 0 Å². The zero-order valence-corrected chi connectivity index (χ0v) is 8.28. The molecule has 0 radical (unpaired) electrons. The molecule has 0 bridgehead atoms. The number of rotatable bonds is 1. The molecule has 1 aromatic carbocycles. The Bertz CT molecular complexity index is 265. The molecule has 0 N–H and O–H groups in total. The normalized spacial score (nSPS) is 24.5. The number of hydrogen-bond acceptors (Lipinski definition) is 3. The zero-order chi connectivity index (χ0) is 9.10. The van der Waals surface area contributed by atoms with E-state index in [1.165, 1.54) is 5.56 Å². The van der Waals surface area contributed by atoms with Crippen molar-refractivity contribution < 1.29 is 4.74 Å². The van der Waals surface area contributed by atoms with E-state index < -0.39 is 0 Å². The Hall–Kier alpha value is -0.510. The van der Waals surface area contributed by atoms with E-state index in [-0.39, 0.29) is 0 Å². The molecule has 1 aliphatic heterocycles. The molecule has 0 unspecified atom stereocenters. The van der Waals surface area contributed by atoms with Gasteiger partial charge in [-0.25, -0.2) is 4.31 Å². The Morgan fingerprint density at radius 2 is 2.08 bits per heavy atom. The van der Waals surface area contributed by atoms with Crippen LogP contribution in [0.4, 0.5) is 0 Å². The molecule has 0 spiro atoms. The number of hydrogen-bond donors (Lipinski definition) is 1. The molecule has 1 heterocycles. The summed E-state index contributed by atoms with van der Waals surface area (Å²) in [4.78, 5) is 0. The Labute approximate surface area is 84.0 Å². The van der Waals surface area contributed by atoms with E-state index >= 15 is 0 Å². The second-order valence-electron chi connectivity index (χ2n) is 3.16. The van der Waals surface area contributed by atoms with E-state index in [4.69, 9.17) is 4.74 Å². The second-order valence-corrected chi connectivity index (χ2v) is 3.68. The Morgan fingerprint density at radius 3 is 2.77 bits per heavy atom.